The first-order valence-electron chi connectivity index (χ1n) is 32.7. The summed E-state index contributed by atoms with van der Waals surface area (Å²) in [6.45, 7) is 15.7. The maximum atomic E-state index is 14.7. The maximum Gasteiger partial charge on any atom is 0.357 e. The number of quaternary nitrogens is 1. The highest BCUT2D eigenvalue weighted by atomic mass is 32.2. The van der Waals surface area contributed by atoms with E-state index in [1.807, 2.05) is 63.8 Å². The number of carbonyl (C=O) groups is 4. The molecule has 0 bridgehead atoms. The monoisotopic (exact) mass is 1490 g/mol. The van der Waals surface area contributed by atoms with Gasteiger partial charge in [-0.2, -0.15) is 40.2 Å². The highest BCUT2D eigenvalue weighted by Gasteiger charge is 2.51. The summed E-state index contributed by atoms with van der Waals surface area (Å²) in [5, 5.41) is 31.7. The van der Waals surface area contributed by atoms with Crippen LogP contribution in [0.15, 0.2) is 148 Å². The third kappa shape index (κ3) is 18.1. The number of aliphatic imine (C=N–C) groups is 2. The van der Waals surface area contributed by atoms with Crippen LogP contribution in [-0.2, 0) is 49.5 Å². The number of thioether (sulfide) groups is 1. The van der Waals surface area contributed by atoms with Crippen molar-refractivity contribution in [1.82, 2.24) is 14.5 Å². The van der Waals surface area contributed by atoms with E-state index in [4.69, 9.17) is 30.2 Å². The molecule has 3 amide bonds. The molecular weight excluding hydrogens is 1420 g/mol. The average molecular weight is 1490 g/mol. The van der Waals surface area contributed by atoms with Gasteiger partial charge in [-0.05, 0) is 158 Å². The van der Waals surface area contributed by atoms with Crippen LogP contribution in [0, 0.1) is 0 Å². The molecule has 2 fully saturated rings. The topological polar surface area (TPSA) is 389 Å². The van der Waals surface area contributed by atoms with Crippen LogP contribution in [0.2, 0.25) is 0 Å². The molecule has 1 spiro atoms. The van der Waals surface area contributed by atoms with Gasteiger partial charge in [0.05, 0.1) is 57.1 Å². The molecule has 10 rings (SSSR count). The summed E-state index contributed by atoms with van der Waals surface area (Å²) in [6.07, 6.45) is 8.26. The lowest BCUT2D eigenvalue weighted by atomic mass is 10.00. The van der Waals surface area contributed by atoms with E-state index in [0.717, 1.165) is 89.2 Å². The minimum Gasteiger partial charge on any atom is -0.372 e. The van der Waals surface area contributed by atoms with E-state index >= 15 is 0 Å². The van der Waals surface area contributed by atoms with Crippen LogP contribution in [0.25, 0.3) is 12.2 Å². The lowest BCUT2D eigenvalue weighted by molar-refractivity contribution is -0.129. The highest BCUT2D eigenvalue weighted by Crippen LogP contribution is 2.46. The molecule has 4 aliphatic heterocycles. The fraction of sp³-hybridized carbons (Fsp3) is 0.364. The van der Waals surface area contributed by atoms with E-state index in [-0.39, 0.29) is 55.4 Å². The quantitative estimate of drug-likeness (QED) is 0.00662. The van der Waals surface area contributed by atoms with Gasteiger partial charge in [0.2, 0.25) is 16.2 Å². The lowest BCUT2D eigenvalue weighted by Crippen LogP contribution is -2.60. The van der Waals surface area contributed by atoms with Crippen molar-refractivity contribution in [2.45, 2.75) is 103 Å². The van der Waals surface area contributed by atoms with Gasteiger partial charge in [0.25, 0.3) is 48.0 Å². The smallest absolute Gasteiger partial charge is 0.357 e. The second-order valence-electron chi connectivity index (χ2n) is 23.7. The van der Waals surface area contributed by atoms with Gasteiger partial charge in [-0.3, -0.25) is 28.0 Å². The minimum absolute atomic E-state index is 0.0475. The molecule has 0 unspecified atom stereocenters. The maximum absolute atomic E-state index is 14.7. The van der Waals surface area contributed by atoms with Crippen LogP contribution in [-0.4, -0.2) is 147 Å². The van der Waals surface area contributed by atoms with E-state index in [1.165, 1.54) is 55.5 Å². The van der Waals surface area contributed by atoms with E-state index in [1.54, 1.807) is 12.1 Å². The molecule has 7 N–H and O–H groups in total. The summed E-state index contributed by atoms with van der Waals surface area (Å²) in [6, 6.07) is 21.7. The van der Waals surface area contributed by atoms with Crippen LogP contribution >= 0.6 is 34.4 Å². The number of aromatic nitrogens is 2. The van der Waals surface area contributed by atoms with Crippen molar-refractivity contribution in [1.29, 1.82) is 0 Å². The Morgan fingerprint density at radius 2 is 1.23 bits per heavy atom. The molecule has 4 aliphatic rings. The van der Waals surface area contributed by atoms with Crippen molar-refractivity contribution < 1.29 is 58.1 Å². The molecule has 0 atom stereocenters. The average Bonchev–Trinajstić information content (AvgIpc) is 1.67. The molecule has 6 aromatic rings. The third-order valence-electron chi connectivity index (χ3n) is 17.1. The van der Waals surface area contributed by atoms with Crippen molar-refractivity contribution in [3.05, 3.63) is 117 Å². The van der Waals surface area contributed by atoms with Crippen LogP contribution in [0.3, 0.4) is 0 Å². The number of fused-ring (bicyclic) bond motifs is 2. The Bertz CT molecular complexity index is 4770. The van der Waals surface area contributed by atoms with Crippen LogP contribution in [0.5, 0.6) is 0 Å². The van der Waals surface area contributed by atoms with Crippen molar-refractivity contribution in [3.63, 3.8) is 0 Å². The number of thiazole rings is 2. The number of hydrogen-bond acceptors (Lipinski definition) is 26. The molecule has 534 valence electrons. The molecule has 0 radical (unpaired) electrons. The van der Waals surface area contributed by atoms with Crippen LogP contribution < -0.4 is 40.4 Å². The Morgan fingerprint density at radius 1 is 0.673 bits per heavy atom. The number of guanidine groups is 1. The van der Waals surface area contributed by atoms with E-state index in [2.05, 4.69) is 41.3 Å². The van der Waals surface area contributed by atoms with E-state index in [9.17, 15) is 58.1 Å². The fourth-order valence-electron chi connectivity index (χ4n) is 12.0. The zero-order valence-electron chi connectivity index (χ0n) is 56.2. The first-order valence-corrected chi connectivity index (χ1v) is 39.8. The van der Waals surface area contributed by atoms with Crippen molar-refractivity contribution in [3.8, 4) is 0 Å². The molecule has 0 saturated carbocycles. The third-order valence-corrected chi connectivity index (χ3v) is 22.7. The SMILES string of the molecule is CCC1=C(Nc2cc(N(CC)CC)ccc2N=Nc2nc3c(s2)C=C(C(=O)Nc2ccccc2S(=O)(=O)O)C(=O)[N+]32CCCCC2)N=C(Nc2cc(N(CC)CC)ccc2N=Nc2nc(N3CCCCC3)c(C=C(C(C)=O)C(=O)Nc3ccccc3S(=O)(=O)O)s2)N=C(SCCS(=O)(=O)O)C1. The molecule has 0 aliphatic carbocycles. The van der Waals surface area contributed by atoms with Gasteiger partial charge in [0.1, 0.15) is 43.3 Å². The highest BCUT2D eigenvalue weighted by molar-refractivity contribution is 8.14. The number of hydrogen-bond donors (Lipinski definition) is 7. The predicted molar refractivity (Wildman–Crippen MR) is 398 cm³/mol. The summed E-state index contributed by atoms with van der Waals surface area (Å²) in [7, 11) is -13.9. The van der Waals surface area contributed by atoms with Crippen molar-refractivity contribution in [2.24, 2.45) is 30.4 Å². The molecule has 101 heavy (non-hydrogen) atoms. The number of benzene rings is 4. The number of azo groups is 2. The first kappa shape index (κ1) is 74.9. The van der Waals surface area contributed by atoms with Gasteiger partial charge in [-0.25, -0.2) is 14.3 Å². The van der Waals surface area contributed by atoms with E-state index < -0.39 is 69.4 Å². The Kier molecular flexibility index (Phi) is 24.1. The Labute approximate surface area is 597 Å². The molecule has 2 saturated heterocycles. The summed E-state index contributed by atoms with van der Waals surface area (Å²) in [5.41, 5.74) is 2.90. The number of carbonyl (C=O) groups excluding carboxylic acids is 4. The zero-order valence-corrected chi connectivity index (χ0v) is 61.1. The van der Waals surface area contributed by atoms with Crippen molar-refractivity contribution >= 4 is 179 Å². The van der Waals surface area contributed by atoms with Gasteiger partial charge >= 0.3 is 5.91 Å². The summed E-state index contributed by atoms with van der Waals surface area (Å²) < 4.78 is 103. The number of rotatable bonds is 26. The molecule has 6 heterocycles. The number of anilines is 7. The second kappa shape index (κ2) is 32.5. The number of nitrogens with one attached hydrogen (secondary N) is 4. The molecular formula is C66H77N16O13S6+. The number of piperidine rings is 2. The van der Waals surface area contributed by atoms with Crippen LogP contribution in [0.4, 0.5) is 67.4 Å². The molecule has 35 heteroatoms. The van der Waals surface area contributed by atoms with Crippen molar-refractivity contribution in [2.75, 3.05) is 99.8 Å². The van der Waals surface area contributed by atoms with Gasteiger partial charge in [0, 0.05) is 62.8 Å². The second-order valence-corrected chi connectivity index (χ2v) is 31.2. The van der Waals surface area contributed by atoms with Gasteiger partial charge in [-0.1, -0.05) is 53.9 Å². The Balaban J connectivity index is 1.03. The molecule has 2 aromatic heterocycles. The summed E-state index contributed by atoms with van der Waals surface area (Å²) in [4.78, 5) is 82.0. The first-order chi connectivity index (χ1) is 48.2. The number of nitrogens with zero attached hydrogens (tertiary/aromatic N) is 12. The standard InChI is InChI=1S/C66H76N16O13S6/c1-7-42-36-57(96-34-35-99(87,88)89)71-64(70-52-38-44(80(10-4)11-5)27-29-48(52)76-77-65-73-59(81-30-18-12-19-31-81)53(97-65)39-45(41(6)83)61(84)68-49-22-14-16-24-55(49)100(90,91)92)72-58(42)67-51-37-43(79(8-2)9-3)26-28-47(51)75-78-66-74-60-54(98-66)40-46(63(86)82(60)32-20-13-21-33-82)62(85)69-50-23-15-17-25-56(50)101(93,94)95/h14-17,22-29,37-40H,7-13,18-21,30-36H2,1-6H3,(H6-,67,68,69,70,72,73,74,77,78,83,84,85,86,87,88,89,90,91,92,93,94,95)/p+1. The molecule has 4 aromatic carbocycles. The number of Topliss-reactive ketones (excluding diaryl/α,β-unsaturated/α-hetero) is 1. The normalized spacial score (nSPS) is 16.0. The van der Waals surface area contributed by atoms with Gasteiger partial charge < -0.3 is 36.0 Å². The molecule has 29 nitrogen and oxygen atoms in total. The largest absolute Gasteiger partial charge is 0.372 e. The lowest BCUT2D eigenvalue weighted by Gasteiger charge is -2.38. The predicted octanol–water partition coefficient (Wildman–Crippen LogP) is 13.2. The fourth-order valence-corrected chi connectivity index (χ4v) is 16.9. The van der Waals surface area contributed by atoms with E-state index in [0.29, 0.717) is 127 Å². The number of ketones is 1. The Morgan fingerprint density at radius 3 is 1.78 bits per heavy atom. The number of para-hydroxylation sites is 2. The number of allylic oxidation sites excluding steroid dienone is 1. The summed E-state index contributed by atoms with van der Waals surface area (Å²) in [5.74, 6) is -2.29. The number of amides is 3. The Hall–Kier alpha value is -8.78. The summed E-state index contributed by atoms with van der Waals surface area (Å²) >= 11 is 3.31. The van der Waals surface area contributed by atoms with Crippen LogP contribution in [0.1, 0.15) is 103 Å². The zero-order chi connectivity index (χ0) is 72.4. The van der Waals surface area contributed by atoms with Gasteiger partial charge in [-0.15, -0.1) is 32.2 Å². The van der Waals surface area contributed by atoms with Gasteiger partial charge in [0.15, 0.2) is 5.78 Å². The minimum atomic E-state index is -4.76.